The van der Waals surface area contributed by atoms with Crippen LogP contribution in [0, 0.1) is 11.3 Å². The van der Waals surface area contributed by atoms with Gasteiger partial charge < -0.3 is 35.4 Å². The molecule has 0 spiro atoms. The standard InChI is InChI=1S/C78H96ClF3N10O10S4/c1-53(83-4)73(95)86-71(55-15-7-5-8-16-55)76(97)92-36-14-21-68(92)75-85-67(52-104-75)72(94)57-17-13-18-62(47-57)102-46-12-11-22-70(93)91-44-38-88(39-45-91)37-34-60(51-103-63-19-9-6-10-20-63)84-66-32-31-64(48-69(66)105(98,99)78(80,81)82)106(100,101)87-74(96)56-25-29-61(30-26-56)90-42-40-89(41-43-90)50-58-49-77(2,3)35-33-65(58)54-23-27-59(79)28-24-54/h6,9-10,13,17-20,23-32,47-48,52-53,55,60,68,71,83-84H,5,7-8,11-12,14-16,21-22,33-46,49-51H2,1-4H3,(H,86,95)(H,87,96)/t53-,60+,68-,71-/m0/s1. The number of alkyl halides is 3. The van der Waals surface area contributed by atoms with E-state index in [-0.39, 0.29) is 64.3 Å². The number of benzene rings is 5. The fraction of sp³-hybridized carbons (Fsp3) is 0.487. The number of allylic oxidation sites excluding steroid dienone is 1. The number of sulfone groups is 1. The maximum Gasteiger partial charge on any atom is 0.501 e. The molecule has 28 heteroatoms. The third-order valence-corrected chi connectivity index (χ3v) is 26.3. The van der Waals surface area contributed by atoms with Gasteiger partial charge in [0, 0.05) is 122 Å². The van der Waals surface area contributed by atoms with Gasteiger partial charge in [-0.05, 0) is 180 Å². The molecule has 4 N–H and O–H groups in total. The molecule has 1 saturated carbocycles. The van der Waals surface area contributed by atoms with Crippen molar-refractivity contribution >= 4 is 101 Å². The van der Waals surface area contributed by atoms with Crippen LogP contribution in [0.25, 0.3) is 5.57 Å². The number of anilines is 2. The number of carbonyl (C=O) groups is 5. The van der Waals surface area contributed by atoms with Crippen LogP contribution in [0.3, 0.4) is 0 Å². The Bertz CT molecular complexity index is 4320. The highest BCUT2D eigenvalue weighted by Gasteiger charge is 2.49. The predicted octanol–water partition coefficient (Wildman–Crippen LogP) is 12.9. The molecule has 6 aromatic rings. The van der Waals surface area contributed by atoms with Gasteiger partial charge in [0.1, 0.15) is 27.4 Å². The number of piperazine rings is 2. The Morgan fingerprint density at radius 2 is 1.50 bits per heavy atom. The summed E-state index contributed by atoms with van der Waals surface area (Å²) in [5.41, 5.74) is -0.632. The number of rotatable bonds is 30. The molecule has 1 aromatic heterocycles. The van der Waals surface area contributed by atoms with Crippen LogP contribution < -0.4 is 30.3 Å². The monoisotopic (exact) mass is 1550 g/mol. The number of carbonyl (C=O) groups excluding carboxylic acids is 5. The van der Waals surface area contributed by atoms with Crippen LogP contribution in [-0.2, 0) is 34.2 Å². The maximum absolute atomic E-state index is 14.6. The molecule has 4 heterocycles. The molecule has 2 aliphatic carbocycles. The number of ether oxygens (including phenoxy) is 1. The summed E-state index contributed by atoms with van der Waals surface area (Å²) < 4.78 is 106. The van der Waals surface area contributed by atoms with Crippen molar-refractivity contribution in [1.29, 1.82) is 0 Å². The predicted molar refractivity (Wildman–Crippen MR) is 410 cm³/mol. The highest BCUT2D eigenvalue weighted by Crippen LogP contribution is 2.44. The lowest BCUT2D eigenvalue weighted by molar-refractivity contribution is -0.139. The van der Waals surface area contributed by atoms with Crippen molar-refractivity contribution in [2.75, 3.05) is 102 Å². The lowest BCUT2D eigenvalue weighted by Crippen LogP contribution is -2.55. The number of ketones is 1. The highest BCUT2D eigenvalue weighted by molar-refractivity contribution is 7.99. The summed E-state index contributed by atoms with van der Waals surface area (Å²) in [6, 6.07) is 30.9. The molecular weight excluding hydrogens is 1460 g/mol. The van der Waals surface area contributed by atoms with Crippen molar-refractivity contribution in [2.45, 2.75) is 155 Å². The second-order valence-corrected chi connectivity index (χ2v) is 35.1. The highest BCUT2D eigenvalue weighted by atomic mass is 35.5. The molecule has 0 unspecified atom stereocenters. The zero-order chi connectivity index (χ0) is 75.3. The van der Waals surface area contributed by atoms with E-state index in [9.17, 15) is 54.0 Å². The number of unbranched alkanes of at least 4 members (excludes halogenated alkanes) is 1. The Hall–Kier alpha value is -7.37. The van der Waals surface area contributed by atoms with E-state index in [2.05, 4.69) is 56.6 Å². The van der Waals surface area contributed by atoms with Gasteiger partial charge in [-0.1, -0.05) is 92.7 Å². The largest absolute Gasteiger partial charge is 0.501 e. The van der Waals surface area contributed by atoms with E-state index in [4.69, 9.17) is 21.3 Å². The van der Waals surface area contributed by atoms with Crippen LogP contribution in [0.5, 0.6) is 5.75 Å². The molecule has 4 amide bonds. The van der Waals surface area contributed by atoms with Crippen LogP contribution in [0.4, 0.5) is 24.5 Å². The zero-order valence-electron chi connectivity index (χ0n) is 60.5. The van der Waals surface area contributed by atoms with Crippen molar-refractivity contribution in [2.24, 2.45) is 11.3 Å². The average Bonchev–Trinajstić information content (AvgIpc) is 0.952. The molecule has 3 saturated heterocycles. The van der Waals surface area contributed by atoms with Gasteiger partial charge in [-0.3, -0.25) is 33.8 Å². The number of hydrogen-bond donors (Lipinski definition) is 4. The van der Waals surface area contributed by atoms with Gasteiger partial charge in [-0.15, -0.1) is 23.1 Å². The molecule has 11 rings (SSSR count). The number of sulfonamides is 1. The van der Waals surface area contributed by atoms with Gasteiger partial charge in [-0.2, -0.15) is 13.2 Å². The van der Waals surface area contributed by atoms with Crippen LogP contribution in [0.2, 0.25) is 5.02 Å². The van der Waals surface area contributed by atoms with Crippen molar-refractivity contribution in [3.05, 3.63) is 165 Å². The summed E-state index contributed by atoms with van der Waals surface area (Å²) in [5.74, 6) is -0.859. The van der Waals surface area contributed by atoms with Crippen molar-refractivity contribution in [3.8, 4) is 5.75 Å². The van der Waals surface area contributed by atoms with Crippen LogP contribution >= 0.6 is 34.7 Å². The first kappa shape index (κ1) is 79.7. The normalized spacial score (nSPS) is 18.8. The second-order valence-electron chi connectivity index (χ2n) is 29.1. The maximum atomic E-state index is 14.6. The number of halogens is 4. The van der Waals surface area contributed by atoms with E-state index in [1.807, 2.05) is 52.1 Å². The third-order valence-electron chi connectivity index (χ3n) is 21.0. The fourth-order valence-electron chi connectivity index (χ4n) is 14.8. The van der Waals surface area contributed by atoms with Gasteiger partial charge in [-0.25, -0.2) is 26.5 Å². The van der Waals surface area contributed by atoms with Gasteiger partial charge in [0.2, 0.25) is 23.5 Å². The first-order valence-corrected chi connectivity index (χ1v) is 42.0. The topological polar surface area (TPSA) is 240 Å². The molecule has 5 aromatic carbocycles. The van der Waals surface area contributed by atoms with Gasteiger partial charge >= 0.3 is 5.51 Å². The number of likely N-dealkylation sites (tertiary alicyclic amines) is 1. The quantitative estimate of drug-likeness (QED) is 0.0186. The number of nitrogens with one attached hydrogen (secondary N) is 4. The summed E-state index contributed by atoms with van der Waals surface area (Å²) in [7, 11) is -9.40. The van der Waals surface area contributed by atoms with Crippen LogP contribution in [-0.4, -0.2) is 186 Å². The van der Waals surface area contributed by atoms with E-state index < -0.39 is 64.9 Å². The average molecular weight is 1550 g/mol. The Balaban J connectivity index is 0.648. The zero-order valence-corrected chi connectivity index (χ0v) is 64.5. The van der Waals surface area contributed by atoms with E-state index in [1.165, 1.54) is 51.9 Å². The molecule has 570 valence electrons. The Kier molecular flexibility index (Phi) is 26.9. The summed E-state index contributed by atoms with van der Waals surface area (Å²) in [4.78, 5) is 82.3. The Morgan fingerprint density at radius 3 is 2.21 bits per heavy atom. The van der Waals surface area contributed by atoms with Crippen LogP contribution in [0.15, 0.2) is 147 Å². The minimum atomic E-state index is -6.17. The van der Waals surface area contributed by atoms with E-state index in [0.717, 1.165) is 100 Å². The molecule has 5 aliphatic rings. The number of nitrogens with zero attached hydrogens (tertiary/aromatic N) is 6. The molecule has 20 nitrogen and oxygen atoms in total. The summed E-state index contributed by atoms with van der Waals surface area (Å²) in [5, 5.41) is 12.2. The third kappa shape index (κ3) is 20.5. The molecule has 106 heavy (non-hydrogen) atoms. The van der Waals surface area contributed by atoms with Gasteiger partial charge in [0.15, 0.2) is 0 Å². The number of thioether (sulfide) groups is 1. The van der Waals surface area contributed by atoms with Crippen LogP contribution in [0.1, 0.15) is 154 Å². The summed E-state index contributed by atoms with van der Waals surface area (Å²) in [6.45, 7) is 13.4. The number of likely N-dealkylation sites (N-methyl/N-ethyl adjacent to an activating group) is 1. The number of hydrogen-bond acceptors (Lipinski definition) is 18. The fourth-order valence-corrected chi connectivity index (χ4v) is 18.8. The Morgan fingerprint density at radius 1 is 0.783 bits per heavy atom. The first-order chi connectivity index (χ1) is 50.7. The molecular formula is C78H96ClF3N10O10S4. The second kappa shape index (κ2) is 35.8. The minimum absolute atomic E-state index is 0.0235. The number of thiazole rings is 1. The minimum Gasteiger partial charge on any atom is -0.494 e. The lowest BCUT2D eigenvalue weighted by Gasteiger charge is -2.39. The first-order valence-electron chi connectivity index (χ1n) is 36.7. The van der Waals surface area contributed by atoms with Gasteiger partial charge in [0.05, 0.1) is 29.3 Å². The van der Waals surface area contributed by atoms with E-state index >= 15 is 0 Å². The Labute approximate surface area is 634 Å². The molecule has 0 bridgehead atoms. The van der Waals surface area contributed by atoms with E-state index in [0.29, 0.717) is 112 Å². The SMILES string of the molecule is CN[C@@H](C)C(=O)N[C@H](C(=O)N1CCC[C@H]1c1nc(C(=O)c2cccc(OCCCCC(=O)N3CCN(CC[C@H](CSc4ccccc4)Nc4ccc(S(=O)(=O)NC(=O)c5ccc(N6CCN(CC7=C(c8ccc(Cl)cc8)CCC(C)(C)C7)CC6)cc5)cc4S(=O)(=O)C(F)(F)F)CC3)c2)cs1)C1CCCCC1. The smallest absolute Gasteiger partial charge is 0.494 e. The molecule has 4 fully saturated rings. The summed E-state index contributed by atoms with van der Waals surface area (Å²) in [6.07, 6.45) is 11.2. The lowest BCUT2D eigenvalue weighted by atomic mass is 9.73. The van der Waals surface area contributed by atoms with Gasteiger partial charge in [0.25, 0.3) is 25.8 Å². The summed E-state index contributed by atoms with van der Waals surface area (Å²) >= 11 is 8.98. The number of amides is 4. The van der Waals surface area contributed by atoms with Crippen molar-refractivity contribution in [1.82, 2.24) is 39.9 Å². The van der Waals surface area contributed by atoms with E-state index in [1.54, 1.807) is 60.6 Å². The molecule has 0 radical (unpaired) electrons. The van der Waals surface area contributed by atoms with Crippen molar-refractivity contribution < 1.29 is 58.7 Å². The number of aromatic nitrogens is 1. The molecule has 4 atom stereocenters. The van der Waals surface area contributed by atoms with Crippen molar-refractivity contribution in [3.63, 3.8) is 0 Å². The molecule has 3 aliphatic heterocycles.